The van der Waals surface area contributed by atoms with Crippen molar-refractivity contribution >= 4 is 17.7 Å². The van der Waals surface area contributed by atoms with Gasteiger partial charge in [-0.05, 0) is 18.6 Å². The van der Waals surface area contributed by atoms with Gasteiger partial charge in [0.25, 0.3) is 0 Å². The van der Waals surface area contributed by atoms with Crippen LogP contribution in [-0.2, 0) is 4.79 Å². The first-order chi connectivity index (χ1) is 8.48. The summed E-state index contributed by atoms with van der Waals surface area (Å²) in [5.41, 5.74) is -0.283. The number of amides is 1. The van der Waals surface area contributed by atoms with E-state index in [1.165, 1.54) is 0 Å². The topological polar surface area (TPSA) is 33.5 Å². The summed E-state index contributed by atoms with van der Waals surface area (Å²) in [6, 6.07) is 3.96. The predicted molar refractivity (Wildman–Crippen MR) is 74.6 cm³/mol. The van der Waals surface area contributed by atoms with Gasteiger partial charge < -0.3 is 9.32 Å². The fourth-order valence-electron chi connectivity index (χ4n) is 2.15. The molecule has 1 saturated heterocycles. The summed E-state index contributed by atoms with van der Waals surface area (Å²) in [4.78, 5) is 14.3. The van der Waals surface area contributed by atoms with Crippen LogP contribution in [0.1, 0.15) is 38.2 Å². The highest BCUT2D eigenvalue weighted by Crippen LogP contribution is 2.35. The molecule has 1 aliphatic heterocycles. The van der Waals surface area contributed by atoms with Crippen molar-refractivity contribution in [2.75, 3.05) is 18.8 Å². The lowest BCUT2D eigenvalue weighted by atomic mass is 9.94. The largest absolute Gasteiger partial charge is 0.468 e. The van der Waals surface area contributed by atoms with Crippen molar-refractivity contribution in [2.24, 2.45) is 5.41 Å². The third-order valence-electron chi connectivity index (χ3n) is 3.13. The summed E-state index contributed by atoms with van der Waals surface area (Å²) in [5.74, 6) is 2.26. The Labute approximate surface area is 113 Å². The SMILES string of the molecule is CC(C)(C)C(=O)N1CCS[C@H](c2ccco2)CC1. The summed E-state index contributed by atoms with van der Waals surface area (Å²) in [6.45, 7) is 7.62. The lowest BCUT2D eigenvalue weighted by molar-refractivity contribution is -0.139. The van der Waals surface area contributed by atoms with Crippen molar-refractivity contribution in [3.05, 3.63) is 24.2 Å². The molecule has 1 fully saturated rings. The van der Waals surface area contributed by atoms with Crippen molar-refractivity contribution in [3.8, 4) is 0 Å². The van der Waals surface area contributed by atoms with Crippen molar-refractivity contribution in [1.29, 1.82) is 0 Å². The molecule has 0 N–H and O–H groups in total. The molecule has 0 aromatic carbocycles. The van der Waals surface area contributed by atoms with Crippen LogP contribution in [0.4, 0.5) is 0 Å². The molecule has 0 aliphatic carbocycles. The Bertz CT molecular complexity index is 394. The van der Waals surface area contributed by atoms with Crippen LogP contribution in [0.25, 0.3) is 0 Å². The van der Waals surface area contributed by atoms with Gasteiger partial charge >= 0.3 is 0 Å². The quantitative estimate of drug-likeness (QED) is 0.782. The maximum Gasteiger partial charge on any atom is 0.227 e. The third-order valence-corrected chi connectivity index (χ3v) is 4.42. The first kappa shape index (κ1) is 13.5. The van der Waals surface area contributed by atoms with Crippen LogP contribution in [-0.4, -0.2) is 29.6 Å². The van der Waals surface area contributed by atoms with E-state index >= 15 is 0 Å². The van der Waals surface area contributed by atoms with Gasteiger partial charge in [0, 0.05) is 24.3 Å². The molecule has 2 rings (SSSR count). The van der Waals surface area contributed by atoms with Crippen LogP contribution in [0, 0.1) is 5.41 Å². The maximum atomic E-state index is 12.3. The summed E-state index contributed by atoms with van der Waals surface area (Å²) >= 11 is 1.89. The van der Waals surface area contributed by atoms with Gasteiger partial charge in [0.1, 0.15) is 5.76 Å². The molecule has 100 valence electrons. The van der Waals surface area contributed by atoms with Crippen molar-refractivity contribution in [3.63, 3.8) is 0 Å². The van der Waals surface area contributed by atoms with Crippen LogP contribution in [0.2, 0.25) is 0 Å². The number of hydrogen-bond donors (Lipinski definition) is 0. The molecule has 0 saturated carbocycles. The number of nitrogens with zero attached hydrogens (tertiary/aromatic N) is 1. The van der Waals surface area contributed by atoms with Gasteiger partial charge in [-0.2, -0.15) is 0 Å². The summed E-state index contributed by atoms with van der Waals surface area (Å²) in [6.07, 6.45) is 2.69. The fraction of sp³-hybridized carbons (Fsp3) is 0.643. The number of carbonyl (C=O) groups is 1. The number of hydrogen-bond acceptors (Lipinski definition) is 3. The molecule has 0 spiro atoms. The van der Waals surface area contributed by atoms with E-state index in [1.54, 1.807) is 6.26 Å². The van der Waals surface area contributed by atoms with Gasteiger partial charge in [0.2, 0.25) is 5.91 Å². The molecular formula is C14H21NO2S. The highest BCUT2D eigenvalue weighted by atomic mass is 32.2. The number of furan rings is 1. The second-order valence-electron chi connectivity index (χ2n) is 5.71. The van der Waals surface area contributed by atoms with Crippen molar-refractivity contribution in [1.82, 2.24) is 4.90 Å². The first-order valence-corrected chi connectivity index (χ1v) is 7.48. The molecule has 1 amide bonds. The van der Waals surface area contributed by atoms with Crippen molar-refractivity contribution in [2.45, 2.75) is 32.4 Å². The molecule has 18 heavy (non-hydrogen) atoms. The average molecular weight is 267 g/mol. The number of rotatable bonds is 1. The lowest BCUT2D eigenvalue weighted by Gasteiger charge is -2.28. The Morgan fingerprint density at radius 2 is 2.22 bits per heavy atom. The molecule has 2 heterocycles. The van der Waals surface area contributed by atoms with Gasteiger partial charge in [0.15, 0.2) is 0 Å². The minimum Gasteiger partial charge on any atom is -0.468 e. The zero-order valence-electron chi connectivity index (χ0n) is 11.3. The van der Waals surface area contributed by atoms with Crippen LogP contribution >= 0.6 is 11.8 Å². The second kappa shape index (κ2) is 5.39. The predicted octanol–water partition coefficient (Wildman–Crippen LogP) is 3.33. The molecule has 4 heteroatoms. The van der Waals surface area contributed by atoms with Crippen molar-refractivity contribution < 1.29 is 9.21 Å². The van der Waals surface area contributed by atoms with Crippen LogP contribution < -0.4 is 0 Å². The first-order valence-electron chi connectivity index (χ1n) is 6.43. The monoisotopic (exact) mass is 267 g/mol. The zero-order chi connectivity index (χ0) is 13.2. The molecule has 3 nitrogen and oxygen atoms in total. The van der Waals surface area contributed by atoms with E-state index in [0.717, 1.165) is 31.0 Å². The van der Waals surface area contributed by atoms with E-state index in [2.05, 4.69) is 0 Å². The summed E-state index contributed by atoms with van der Waals surface area (Å²) < 4.78 is 5.47. The summed E-state index contributed by atoms with van der Waals surface area (Å²) in [7, 11) is 0. The molecule has 0 radical (unpaired) electrons. The average Bonchev–Trinajstić information content (AvgIpc) is 2.72. The van der Waals surface area contributed by atoms with Crippen LogP contribution in [0.5, 0.6) is 0 Å². The Balaban J connectivity index is 1.99. The minimum atomic E-state index is -0.283. The fourth-order valence-corrected chi connectivity index (χ4v) is 3.33. The zero-order valence-corrected chi connectivity index (χ0v) is 12.1. The standard InChI is InChI=1S/C14H21NO2S/c1-14(2,3)13(16)15-7-6-12(18-10-8-15)11-5-4-9-17-11/h4-5,9,12H,6-8,10H2,1-3H3/t12-/m0/s1. The number of carbonyl (C=O) groups excluding carboxylic acids is 1. The molecule has 1 aliphatic rings. The van der Waals surface area contributed by atoms with Gasteiger partial charge in [-0.15, -0.1) is 11.8 Å². The van der Waals surface area contributed by atoms with Crippen LogP contribution in [0.3, 0.4) is 0 Å². The Morgan fingerprint density at radius 1 is 1.44 bits per heavy atom. The van der Waals surface area contributed by atoms with E-state index in [-0.39, 0.29) is 11.3 Å². The van der Waals surface area contributed by atoms with Crippen LogP contribution in [0.15, 0.2) is 22.8 Å². The van der Waals surface area contributed by atoms with Gasteiger partial charge in [-0.3, -0.25) is 4.79 Å². The lowest BCUT2D eigenvalue weighted by Crippen LogP contribution is -2.40. The highest BCUT2D eigenvalue weighted by molar-refractivity contribution is 7.99. The van der Waals surface area contributed by atoms with Gasteiger partial charge in [-0.1, -0.05) is 20.8 Å². The van der Waals surface area contributed by atoms with E-state index in [0.29, 0.717) is 5.25 Å². The van der Waals surface area contributed by atoms with E-state index in [1.807, 2.05) is 49.6 Å². The molecular weight excluding hydrogens is 246 g/mol. The molecule has 0 bridgehead atoms. The second-order valence-corrected chi connectivity index (χ2v) is 7.02. The van der Waals surface area contributed by atoms with E-state index in [4.69, 9.17) is 4.42 Å². The molecule has 0 unspecified atom stereocenters. The normalized spacial score (nSPS) is 21.7. The highest BCUT2D eigenvalue weighted by Gasteiger charge is 2.29. The Kier molecular flexibility index (Phi) is 4.05. The molecule has 1 atom stereocenters. The maximum absolute atomic E-state index is 12.3. The molecule has 1 aromatic heterocycles. The van der Waals surface area contributed by atoms with E-state index in [9.17, 15) is 4.79 Å². The smallest absolute Gasteiger partial charge is 0.227 e. The molecule has 1 aromatic rings. The third kappa shape index (κ3) is 3.10. The Morgan fingerprint density at radius 3 is 2.83 bits per heavy atom. The Hall–Kier alpha value is -0.900. The van der Waals surface area contributed by atoms with Gasteiger partial charge in [0.05, 0.1) is 11.5 Å². The van der Waals surface area contributed by atoms with Gasteiger partial charge in [-0.25, -0.2) is 0 Å². The minimum absolute atomic E-state index is 0.253. The number of thioether (sulfide) groups is 1. The van der Waals surface area contributed by atoms with E-state index < -0.39 is 0 Å². The summed E-state index contributed by atoms with van der Waals surface area (Å²) in [5, 5.41) is 0.387.